The lowest BCUT2D eigenvalue weighted by molar-refractivity contribution is 0.438. The minimum Gasteiger partial charge on any atom is -0.311 e. The van der Waals surface area contributed by atoms with E-state index in [2.05, 4.69) is 5.32 Å². The summed E-state index contributed by atoms with van der Waals surface area (Å²) in [7, 11) is -3.16. The summed E-state index contributed by atoms with van der Waals surface area (Å²) >= 11 is 0. The van der Waals surface area contributed by atoms with Crippen LogP contribution in [-0.2, 0) is 9.84 Å². The van der Waals surface area contributed by atoms with Crippen LogP contribution in [0.4, 0.5) is 0 Å². The minimum atomic E-state index is -3.16. The van der Waals surface area contributed by atoms with Crippen LogP contribution in [0.25, 0.3) is 0 Å². The maximum Gasteiger partial charge on any atom is 0.179 e. The molecule has 1 rings (SSSR count). The standard InChI is InChI=1S/C13H21NO2S/c1-11-5-7-12(8-6-11)17(15,16)10-9-14-13(2,3)4/h5-8,14H,9-10H2,1-4H3. The van der Waals surface area contributed by atoms with Crippen molar-refractivity contribution >= 4 is 9.84 Å². The Labute approximate surface area is 104 Å². The second kappa shape index (κ2) is 5.19. The van der Waals surface area contributed by atoms with Crippen molar-refractivity contribution in [1.29, 1.82) is 0 Å². The summed E-state index contributed by atoms with van der Waals surface area (Å²) in [6.07, 6.45) is 0. The van der Waals surface area contributed by atoms with Crippen LogP contribution >= 0.6 is 0 Å². The Bertz CT molecular complexity index is 455. The average Bonchev–Trinajstić information content (AvgIpc) is 2.15. The molecule has 0 aliphatic rings. The van der Waals surface area contributed by atoms with Crippen LogP contribution in [0.1, 0.15) is 26.3 Å². The number of nitrogens with one attached hydrogen (secondary N) is 1. The lowest BCUT2D eigenvalue weighted by Gasteiger charge is -2.20. The zero-order valence-electron chi connectivity index (χ0n) is 10.9. The van der Waals surface area contributed by atoms with Gasteiger partial charge in [-0.3, -0.25) is 0 Å². The van der Waals surface area contributed by atoms with E-state index in [1.54, 1.807) is 12.1 Å². The van der Waals surface area contributed by atoms with Crippen molar-refractivity contribution in [2.24, 2.45) is 0 Å². The molecular weight excluding hydrogens is 234 g/mol. The summed E-state index contributed by atoms with van der Waals surface area (Å²) in [5, 5.41) is 3.18. The summed E-state index contributed by atoms with van der Waals surface area (Å²) in [6, 6.07) is 6.98. The third-order valence-corrected chi connectivity index (χ3v) is 4.14. The normalized spacial score (nSPS) is 12.7. The Kier molecular flexibility index (Phi) is 4.33. The molecule has 0 atom stereocenters. The molecule has 0 fully saturated rings. The monoisotopic (exact) mass is 255 g/mol. The van der Waals surface area contributed by atoms with Crippen molar-refractivity contribution < 1.29 is 8.42 Å². The minimum absolute atomic E-state index is 0.0528. The zero-order valence-corrected chi connectivity index (χ0v) is 11.8. The highest BCUT2D eigenvalue weighted by atomic mass is 32.2. The molecule has 0 radical (unpaired) electrons. The topological polar surface area (TPSA) is 46.2 Å². The summed E-state index contributed by atoms with van der Waals surface area (Å²) in [6.45, 7) is 8.47. The van der Waals surface area contributed by atoms with Crippen molar-refractivity contribution in [3.8, 4) is 0 Å². The first-order chi connectivity index (χ1) is 7.71. The van der Waals surface area contributed by atoms with Gasteiger partial charge < -0.3 is 5.32 Å². The fourth-order valence-electron chi connectivity index (χ4n) is 1.42. The van der Waals surface area contributed by atoms with Gasteiger partial charge in [0.15, 0.2) is 9.84 Å². The predicted octanol–water partition coefficient (Wildman–Crippen LogP) is 2.16. The molecule has 0 spiro atoms. The van der Waals surface area contributed by atoms with E-state index in [1.807, 2.05) is 39.8 Å². The summed E-state index contributed by atoms with van der Waals surface area (Å²) in [5.74, 6) is 0.132. The van der Waals surface area contributed by atoms with Crippen LogP contribution in [0.3, 0.4) is 0 Å². The molecule has 0 amide bonds. The molecule has 1 N–H and O–H groups in total. The quantitative estimate of drug-likeness (QED) is 0.896. The first kappa shape index (κ1) is 14.2. The van der Waals surface area contributed by atoms with Crippen LogP contribution in [0.15, 0.2) is 29.2 Å². The Morgan fingerprint density at radius 2 is 1.65 bits per heavy atom. The van der Waals surface area contributed by atoms with Gasteiger partial charge in [0.25, 0.3) is 0 Å². The van der Waals surface area contributed by atoms with E-state index in [1.165, 1.54) is 0 Å². The lowest BCUT2D eigenvalue weighted by Crippen LogP contribution is -2.38. The van der Waals surface area contributed by atoms with Crippen LogP contribution in [-0.4, -0.2) is 26.3 Å². The Morgan fingerprint density at radius 3 is 2.12 bits per heavy atom. The third-order valence-electron chi connectivity index (χ3n) is 2.41. The molecule has 3 nitrogen and oxygen atoms in total. The molecule has 0 aromatic heterocycles. The molecule has 0 bridgehead atoms. The molecule has 0 heterocycles. The summed E-state index contributed by atoms with van der Waals surface area (Å²) in [5.41, 5.74) is 1.01. The van der Waals surface area contributed by atoms with Gasteiger partial charge in [0.05, 0.1) is 10.6 Å². The molecular formula is C13H21NO2S. The van der Waals surface area contributed by atoms with E-state index < -0.39 is 9.84 Å². The number of sulfone groups is 1. The molecule has 96 valence electrons. The van der Waals surface area contributed by atoms with Gasteiger partial charge in [-0.05, 0) is 39.8 Å². The van der Waals surface area contributed by atoms with E-state index >= 15 is 0 Å². The lowest BCUT2D eigenvalue weighted by atomic mass is 10.1. The van der Waals surface area contributed by atoms with E-state index in [4.69, 9.17) is 0 Å². The Hall–Kier alpha value is -0.870. The van der Waals surface area contributed by atoms with Gasteiger partial charge in [-0.25, -0.2) is 8.42 Å². The van der Waals surface area contributed by atoms with Crippen molar-refractivity contribution in [2.75, 3.05) is 12.3 Å². The first-order valence-corrected chi connectivity index (χ1v) is 7.40. The molecule has 4 heteroatoms. The first-order valence-electron chi connectivity index (χ1n) is 5.75. The highest BCUT2D eigenvalue weighted by molar-refractivity contribution is 7.91. The van der Waals surface area contributed by atoms with Gasteiger partial charge >= 0.3 is 0 Å². The maximum absolute atomic E-state index is 12.0. The largest absolute Gasteiger partial charge is 0.311 e. The van der Waals surface area contributed by atoms with E-state index in [0.29, 0.717) is 11.4 Å². The molecule has 0 aliphatic carbocycles. The third kappa shape index (κ3) is 4.88. The van der Waals surface area contributed by atoms with Gasteiger partial charge in [-0.15, -0.1) is 0 Å². The zero-order chi connectivity index (χ0) is 13.1. The molecule has 0 aliphatic heterocycles. The summed E-state index contributed by atoms with van der Waals surface area (Å²) in [4.78, 5) is 0.402. The Morgan fingerprint density at radius 1 is 1.12 bits per heavy atom. The Balaban J connectivity index is 2.66. The summed E-state index contributed by atoms with van der Waals surface area (Å²) < 4.78 is 24.0. The average molecular weight is 255 g/mol. The van der Waals surface area contributed by atoms with Crippen molar-refractivity contribution in [2.45, 2.75) is 38.1 Å². The van der Waals surface area contributed by atoms with E-state index in [9.17, 15) is 8.42 Å². The predicted molar refractivity (Wildman–Crippen MR) is 71.0 cm³/mol. The van der Waals surface area contributed by atoms with Crippen LogP contribution in [0.5, 0.6) is 0 Å². The molecule has 1 aromatic carbocycles. The smallest absolute Gasteiger partial charge is 0.179 e. The number of hydrogen-bond acceptors (Lipinski definition) is 3. The van der Waals surface area contributed by atoms with Gasteiger partial charge in [0.1, 0.15) is 0 Å². The number of aryl methyl sites for hydroxylation is 1. The SMILES string of the molecule is Cc1ccc(S(=O)(=O)CCNC(C)(C)C)cc1. The number of benzene rings is 1. The van der Waals surface area contributed by atoms with E-state index in [-0.39, 0.29) is 11.3 Å². The van der Waals surface area contributed by atoms with Crippen LogP contribution in [0, 0.1) is 6.92 Å². The van der Waals surface area contributed by atoms with Gasteiger partial charge in [-0.1, -0.05) is 17.7 Å². The van der Waals surface area contributed by atoms with Crippen LogP contribution < -0.4 is 5.32 Å². The van der Waals surface area contributed by atoms with Crippen molar-refractivity contribution in [1.82, 2.24) is 5.32 Å². The van der Waals surface area contributed by atoms with Crippen LogP contribution in [0.2, 0.25) is 0 Å². The highest BCUT2D eigenvalue weighted by Crippen LogP contribution is 2.12. The fourth-order valence-corrected chi connectivity index (χ4v) is 2.58. The molecule has 1 aromatic rings. The van der Waals surface area contributed by atoms with Crippen molar-refractivity contribution in [3.63, 3.8) is 0 Å². The van der Waals surface area contributed by atoms with E-state index in [0.717, 1.165) is 5.56 Å². The number of rotatable bonds is 4. The van der Waals surface area contributed by atoms with Gasteiger partial charge in [0.2, 0.25) is 0 Å². The second-order valence-corrected chi connectivity index (χ2v) is 7.42. The highest BCUT2D eigenvalue weighted by Gasteiger charge is 2.15. The van der Waals surface area contributed by atoms with Gasteiger partial charge in [0, 0.05) is 12.1 Å². The van der Waals surface area contributed by atoms with Crippen molar-refractivity contribution in [3.05, 3.63) is 29.8 Å². The molecule has 0 saturated heterocycles. The molecule has 0 unspecified atom stereocenters. The number of hydrogen-bond donors (Lipinski definition) is 1. The fraction of sp³-hybridized carbons (Fsp3) is 0.538. The second-order valence-electron chi connectivity index (χ2n) is 5.31. The molecule has 0 saturated carbocycles. The maximum atomic E-state index is 12.0. The van der Waals surface area contributed by atoms with Gasteiger partial charge in [-0.2, -0.15) is 0 Å². The molecule has 17 heavy (non-hydrogen) atoms.